The van der Waals surface area contributed by atoms with Crippen LogP contribution in [0.5, 0.6) is 5.75 Å². The lowest BCUT2D eigenvalue weighted by molar-refractivity contribution is -0.274. The summed E-state index contributed by atoms with van der Waals surface area (Å²) in [6.07, 6.45) is 0.0672. The van der Waals surface area contributed by atoms with Gasteiger partial charge in [0.1, 0.15) is 5.75 Å². The summed E-state index contributed by atoms with van der Waals surface area (Å²) in [5, 5.41) is 0. The van der Waals surface area contributed by atoms with E-state index in [2.05, 4.69) is 27.6 Å². The average Bonchev–Trinajstić information content (AvgIpc) is 2.26. The Bertz CT molecular complexity index is 377. The molecule has 0 amide bonds. The molecule has 1 nitrogen and oxygen atoms in total. The van der Waals surface area contributed by atoms with Gasteiger partial charge in [-0.25, -0.2) is 0 Å². The van der Waals surface area contributed by atoms with Crippen LogP contribution >= 0.6 is 15.9 Å². The van der Waals surface area contributed by atoms with Crippen LogP contribution in [0.1, 0.15) is 38.2 Å². The van der Waals surface area contributed by atoms with Gasteiger partial charge in [-0.2, -0.15) is 0 Å². The van der Waals surface area contributed by atoms with Crippen LogP contribution in [0.15, 0.2) is 22.7 Å². The van der Waals surface area contributed by atoms with Crippen molar-refractivity contribution in [1.29, 1.82) is 0 Å². The lowest BCUT2D eigenvalue weighted by Crippen LogP contribution is -2.18. The lowest BCUT2D eigenvalue weighted by Gasteiger charge is -2.13. The Balaban J connectivity index is 2.71. The summed E-state index contributed by atoms with van der Waals surface area (Å²) >= 11 is 3.26. The van der Waals surface area contributed by atoms with E-state index in [1.807, 2.05) is 0 Å². The van der Waals surface area contributed by atoms with Gasteiger partial charge in [0, 0.05) is 4.47 Å². The number of aryl methyl sites for hydroxylation is 1. The molecule has 18 heavy (non-hydrogen) atoms. The van der Waals surface area contributed by atoms with E-state index in [1.165, 1.54) is 6.07 Å². The molecule has 1 aromatic rings. The normalized spacial score (nSPS) is 11.6. The molecule has 0 spiro atoms. The van der Waals surface area contributed by atoms with Gasteiger partial charge in [0.15, 0.2) is 0 Å². The minimum atomic E-state index is -4.63. The maximum Gasteiger partial charge on any atom is 0.573 e. The summed E-state index contributed by atoms with van der Waals surface area (Å²) < 4.78 is 41.5. The minimum Gasteiger partial charge on any atom is -0.406 e. The first-order chi connectivity index (χ1) is 8.42. The minimum absolute atomic E-state index is 0.0952. The summed E-state index contributed by atoms with van der Waals surface area (Å²) in [6, 6.07) is 4.59. The Morgan fingerprint density at radius 3 is 2.50 bits per heavy atom. The van der Waals surface area contributed by atoms with Crippen molar-refractivity contribution in [3.05, 3.63) is 28.2 Å². The number of hydrogen-bond donors (Lipinski definition) is 0. The lowest BCUT2D eigenvalue weighted by atomic mass is 10.1. The third-order valence-electron chi connectivity index (χ3n) is 2.55. The van der Waals surface area contributed by atoms with E-state index in [1.54, 1.807) is 12.1 Å². The first-order valence-corrected chi connectivity index (χ1v) is 6.76. The quantitative estimate of drug-likeness (QED) is 0.630. The number of rotatable bonds is 6. The molecule has 0 saturated carbocycles. The number of halogens is 4. The Hall–Kier alpha value is -0.710. The van der Waals surface area contributed by atoms with E-state index >= 15 is 0 Å². The Morgan fingerprint density at radius 2 is 1.89 bits per heavy atom. The molecule has 0 saturated heterocycles. The molecule has 0 N–H and O–H groups in total. The fraction of sp³-hybridized carbons (Fsp3) is 0.538. The smallest absolute Gasteiger partial charge is 0.406 e. The molecule has 5 heteroatoms. The van der Waals surface area contributed by atoms with Gasteiger partial charge in [-0.3, -0.25) is 0 Å². The van der Waals surface area contributed by atoms with Gasteiger partial charge in [-0.1, -0.05) is 42.1 Å². The fourth-order valence-corrected chi connectivity index (χ4v) is 2.12. The number of ether oxygens (including phenoxy) is 1. The molecule has 0 unspecified atom stereocenters. The van der Waals surface area contributed by atoms with Crippen LogP contribution in [0.3, 0.4) is 0 Å². The van der Waals surface area contributed by atoms with Gasteiger partial charge in [-0.15, -0.1) is 13.2 Å². The highest BCUT2D eigenvalue weighted by molar-refractivity contribution is 9.10. The van der Waals surface area contributed by atoms with Gasteiger partial charge in [0.25, 0.3) is 0 Å². The topological polar surface area (TPSA) is 9.23 Å². The summed E-state index contributed by atoms with van der Waals surface area (Å²) in [5.74, 6) is -0.0952. The summed E-state index contributed by atoms with van der Waals surface area (Å²) in [7, 11) is 0. The average molecular weight is 325 g/mol. The van der Waals surface area contributed by atoms with Crippen LogP contribution in [0.2, 0.25) is 0 Å². The van der Waals surface area contributed by atoms with Crippen LogP contribution in [0.4, 0.5) is 13.2 Å². The molecule has 0 bridgehead atoms. The van der Waals surface area contributed by atoms with E-state index in [9.17, 15) is 13.2 Å². The first kappa shape index (κ1) is 15.3. The predicted molar refractivity (Wildman–Crippen MR) is 68.7 cm³/mol. The zero-order valence-corrected chi connectivity index (χ0v) is 11.8. The molecule has 0 aliphatic carbocycles. The highest BCUT2D eigenvalue weighted by Crippen LogP contribution is 2.30. The molecule has 0 fully saturated rings. The zero-order valence-electron chi connectivity index (χ0n) is 10.2. The number of unbranched alkanes of at least 4 members (excludes halogenated alkanes) is 3. The SMILES string of the molecule is CCCCCCc1cc(Br)ccc1OC(F)(F)F. The van der Waals surface area contributed by atoms with Crippen molar-refractivity contribution >= 4 is 15.9 Å². The molecule has 0 heterocycles. The molecule has 0 atom stereocenters. The van der Waals surface area contributed by atoms with Crippen LogP contribution in [0, 0.1) is 0 Å². The van der Waals surface area contributed by atoms with E-state index in [0.717, 1.165) is 30.2 Å². The van der Waals surface area contributed by atoms with Crippen molar-refractivity contribution < 1.29 is 17.9 Å². The molecule has 102 valence electrons. The molecule has 0 aliphatic heterocycles. The second kappa shape index (κ2) is 7.02. The summed E-state index contributed by atoms with van der Waals surface area (Å²) in [4.78, 5) is 0. The number of alkyl halides is 3. The Labute approximate surface area is 113 Å². The Morgan fingerprint density at radius 1 is 1.17 bits per heavy atom. The second-order valence-corrected chi connectivity index (χ2v) is 5.03. The third kappa shape index (κ3) is 5.76. The standard InChI is InChI=1S/C13H16BrF3O/c1-2-3-4-5-6-10-9-11(14)7-8-12(10)18-13(15,16)17/h7-9H,2-6H2,1H3. The highest BCUT2D eigenvalue weighted by atomic mass is 79.9. The van der Waals surface area contributed by atoms with Crippen LogP contribution in [-0.2, 0) is 6.42 Å². The highest BCUT2D eigenvalue weighted by Gasteiger charge is 2.31. The third-order valence-corrected chi connectivity index (χ3v) is 3.04. The van der Waals surface area contributed by atoms with Gasteiger partial charge in [0.05, 0.1) is 0 Å². The summed E-state index contributed by atoms with van der Waals surface area (Å²) in [5.41, 5.74) is 0.595. The van der Waals surface area contributed by atoms with E-state index in [0.29, 0.717) is 12.0 Å². The van der Waals surface area contributed by atoms with Crippen molar-refractivity contribution in [3.8, 4) is 5.75 Å². The van der Waals surface area contributed by atoms with Crippen molar-refractivity contribution in [2.75, 3.05) is 0 Å². The van der Waals surface area contributed by atoms with Crippen molar-refractivity contribution in [1.82, 2.24) is 0 Å². The first-order valence-electron chi connectivity index (χ1n) is 5.96. The van der Waals surface area contributed by atoms with E-state index in [-0.39, 0.29) is 5.75 Å². The summed E-state index contributed by atoms with van der Waals surface area (Å²) in [6.45, 7) is 2.09. The van der Waals surface area contributed by atoms with Crippen LogP contribution in [0.25, 0.3) is 0 Å². The molecule has 1 rings (SSSR count). The largest absolute Gasteiger partial charge is 0.573 e. The molecular formula is C13H16BrF3O. The molecule has 0 aliphatic rings. The number of benzene rings is 1. The monoisotopic (exact) mass is 324 g/mol. The predicted octanol–water partition coefficient (Wildman–Crippen LogP) is 5.47. The van der Waals surface area contributed by atoms with Gasteiger partial charge in [-0.05, 0) is 36.6 Å². The van der Waals surface area contributed by atoms with Crippen molar-refractivity contribution in [2.45, 2.75) is 45.4 Å². The van der Waals surface area contributed by atoms with Gasteiger partial charge in [0.2, 0.25) is 0 Å². The van der Waals surface area contributed by atoms with E-state index < -0.39 is 6.36 Å². The fourth-order valence-electron chi connectivity index (χ4n) is 1.71. The molecule has 0 radical (unpaired) electrons. The second-order valence-electron chi connectivity index (χ2n) is 4.11. The van der Waals surface area contributed by atoms with Crippen LogP contribution in [-0.4, -0.2) is 6.36 Å². The van der Waals surface area contributed by atoms with Crippen LogP contribution < -0.4 is 4.74 Å². The van der Waals surface area contributed by atoms with Crippen molar-refractivity contribution in [3.63, 3.8) is 0 Å². The number of hydrogen-bond acceptors (Lipinski definition) is 1. The molecular weight excluding hydrogens is 309 g/mol. The van der Waals surface area contributed by atoms with E-state index in [4.69, 9.17) is 0 Å². The zero-order chi connectivity index (χ0) is 13.6. The molecule has 1 aromatic carbocycles. The maximum absolute atomic E-state index is 12.2. The Kier molecular flexibility index (Phi) is 5.99. The molecule has 0 aromatic heterocycles. The van der Waals surface area contributed by atoms with Gasteiger partial charge < -0.3 is 4.74 Å². The maximum atomic E-state index is 12.2. The van der Waals surface area contributed by atoms with Crippen molar-refractivity contribution in [2.24, 2.45) is 0 Å². The van der Waals surface area contributed by atoms with Gasteiger partial charge >= 0.3 is 6.36 Å².